The quantitative estimate of drug-likeness (QED) is 0.613. The van der Waals surface area contributed by atoms with Gasteiger partial charge in [0, 0.05) is 30.7 Å². The molecule has 0 spiro atoms. The van der Waals surface area contributed by atoms with Gasteiger partial charge in [0.2, 0.25) is 0 Å². The molecule has 88 valence electrons. The van der Waals surface area contributed by atoms with Crippen LogP contribution in [0.2, 0.25) is 0 Å². The molecule has 0 bridgehead atoms. The van der Waals surface area contributed by atoms with E-state index in [0.717, 1.165) is 25.9 Å². The Morgan fingerprint density at radius 3 is 2.94 bits per heavy atom. The van der Waals surface area contributed by atoms with Crippen molar-refractivity contribution in [1.82, 2.24) is 9.88 Å². The van der Waals surface area contributed by atoms with Gasteiger partial charge in [-0.05, 0) is 31.0 Å². The second-order valence-corrected chi connectivity index (χ2v) is 4.18. The first-order chi connectivity index (χ1) is 8.36. The largest absolute Gasteiger partial charge is 0.343 e. The molecule has 2 nitrogen and oxygen atoms in total. The summed E-state index contributed by atoms with van der Waals surface area (Å²) in [6.45, 7) is 1.89. The van der Waals surface area contributed by atoms with Crippen LogP contribution in [0.15, 0.2) is 30.3 Å². The molecule has 1 N–H and O–H groups in total. The molecule has 0 radical (unpaired) electrons. The Morgan fingerprint density at radius 1 is 1.35 bits per heavy atom. The Labute approximate surface area is 103 Å². The SMILES string of the molecule is C#CCCCn1c(CNC)cc2ccccc21. The van der Waals surface area contributed by atoms with Crippen LogP contribution in [-0.4, -0.2) is 11.6 Å². The topological polar surface area (TPSA) is 17.0 Å². The lowest BCUT2D eigenvalue weighted by atomic mass is 10.2. The Morgan fingerprint density at radius 2 is 2.18 bits per heavy atom. The number of benzene rings is 1. The summed E-state index contributed by atoms with van der Waals surface area (Å²) in [5, 5.41) is 4.52. The maximum absolute atomic E-state index is 5.31. The predicted molar refractivity (Wildman–Crippen MR) is 72.8 cm³/mol. The highest BCUT2D eigenvalue weighted by atomic mass is 15.0. The molecule has 0 saturated carbocycles. The summed E-state index contributed by atoms with van der Waals surface area (Å²) < 4.78 is 2.36. The fraction of sp³-hybridized carbons (Fsp3) is 0.333. The number of hydrogen-bond donors (Lipinski definition) is 1. The van der Waals surface area contributed by atoms with Crippen molar-refractivity contribution >= 4 is 10.9 Å². The van der Waals surface area contributed by atoms with Gasteiger partial charge in [0.1, 0.15) is 0 Å². The number of hydrogen-bond acceptors (Lipinski definition) is 1. The van der Waals surface area contributed by atoms with Crippen molar-refractivity contribution in [3.8, 4) is 12.3 Å². The number of terminal acetylenes is 1. The van der Waals surface area contributed by atoms with Crippen LogP contribution in [0.4, 0.5) is 0 Å². The minimum absolute atomic E-state index is 0.839. The highest BCUT2D eigenvalue weighted by molar-refractivity contribution is 5.81. The van der Waals surface area contributed by atoms with Gasteiger partial charge in [0.05, 0.1) is 0 Å². The first kappa shape index (κ1) is 11.8. The van der Waals surface area contributed by atoms with Crippen molar-refractivity contribution in [2.75, 3.05) is 7.05 Å². The van der Waals surface area contributed by atoms with Gasteiger partial charge in [0.25, 0.3) is 0 Å². The van der Waals surface area contributed by atoms with Crippen molar-refractivity contribution in [2.45, 2.75) is 25.9 Å². The molecule has 17 heavy (non-hydrogen) atoms. The highest BCUT2D eigenvalue weighted by Crippen LogP contribution is 2.20. The van der Waals surface area contributed by atoms with E-state index < -0.39 is 0 Å². The smallest absolute Gasteiger partial charge is 0.0482 e. The van der Waals surface area contributed by atoms with Gasteiger partial charge < -0.3 is 9.88 Å². The number of unbranched alkanes of at least 4 members (excludes halogenated alkanes) is 1. The van der Waals surface area contributed by atoms with Crippen LogP contribution in [-0.2, 0) is 13.1 Å². The van der Waals surface area contributed by atoms with Crippen molar-refractivity contribution in [1.29, 1.82) is 0 Å². The van der Waals surface area contributed by atoms with Crippen LogP contribution in [0, 0.1) is 12.3 Å². The van der Waals surface area contributed by atoms with Gasteiger partial charge in [-0.25, -0.2) is 0 Å². The number of para-hydroxylation sites is 1. The summed E-state index contributed by atoms with van der Waals surface area (Å²) in [7, 11) is 1.98. The molecule has 0 aliphatic carbocycles. The minimum Gasteiger partial charge on any atom is -0.343 e. The molecular formula is C15H18N2. The Hall–Kier alpha value is -1.72. The van der Waals surface area contributed by atoms with E-state index in [9.17, 15) is 0 Å². The summed E-state index contributed by atoms with van der Waals surface area (Å²) in [6.07, 6.45) is 7.18. The van der Waals surface area contributed by atoms with E-state index in [1.807, 2.05) is 7.05 Å². The predicted octanol–water partition coefficient (Wildman–Crippen LogP) is 2.77. The molecular weight excluding hydrogens is 208 g/mol. The summed E-state index contributed by atoms with van der Waals surface area (Å²) in [5.74, 6) is 2.70. The van der Waals surface area contributed by atoms with Crippen molar-refractivity contribution in [2.24, 2.45) is 0 Å². The van der Waals surface area contributed by atoms with E-state index >= 15 is 0 Å². The summed E-state index contributed by atoms with van der Waals surface area (Å²) >= 11 is 0. The third-order valence-electron chi connectivity index (χ3n) is 2.96. The van der Waals surface area contributed by atoms with E-state index in [4.69, 9.17) is 6.42 Å². The molecule has 1 aromatic heterocycles. The van der Waals surface area contributed by atoms with Crippen LogP contribution in [0.5, 0.6) is 0 Å². The number of rotatable bonds is 5. The van der Waals surface area contributed by atoms with Crippen LogP contribution >= 0.6 is 0 Å². The van der Waals surface area contributed by atoms with Gasteiger partial charge in [-0.2, -0.15) is 0 Å². The average Bonchev–Trinajstić information content (AvgIpc) is 2.69. The van der Waals surface area contributed by atoms with Crippen LogP contribution < -0.4 is 5.32 Å². The first-order valence-electron chi connectivity index (χ1n) is 6.02. The van der Waals surface area contributed by atoms with Crippen LogP contribution in [0.25, 0.3) is 10.9 Å². The molecule has 0 aliphatic rings. The normalized spacial score (nSPS) is 10.6. The standard InChI is InChI=1S/C15H18N2/c1-3-4-7-10-17-14(12-16-2)11-13-8-5-6-9-15(13)17/h1,5-6,8-9,11,16H,4,7,10,12H2,2H3. The molecule has 0 atom stereocenters. The van der Waals surface area contributed by atoms with E-state index in [0.29, 0.717) is 0 Å². The molecule has 0 amide bonds. The van der Waals surface area contributed by atoms with Gasteiger partial charge in [-0.1, -0.05) is 18.2 Å². The maximum atomic E-state index is 5.31. The van der Waals surface area contributed by atoms with Crippen molar-refractivity contribution in [3.05, 3.63) is 36.0 Å². The number of fused-ring (bicyclic) bond motifs is 1. The van der Waals surface area contributed by atoms with E-state index in [1.165, 1.54) is 16.6 Å². The van der Waals surface area contributed by atoms with E-state index in [2.05, 4.69) is 46.1 Å². The summed E-state index contributed by atoms with van der Waals surface area (Å²) in [6, 6.07) is 10.7. The molecule has 0 saturated heterocycles. The Balaban J connectivity index is 2.34. The lowest BCUT2D eigenvalue weighted by molar-refractivity contribution is 0.629. The van der Waals surface area contributed by atoms with Gasteiger partial charge in [-0.3, -0.25) is 0 Å². The van der Waals surface area contributed by atoms with Gasteiger partial charge in [0.15, 0.2) is 0 Å². The number of aryl methyl sites for hydroxylation is 1. The number of nitrogens with zero attached hydrogens (tertiary/aromatic N) is 1. The molecule has 0 fully saturated rings. The molecule has 2 aromatic rings. The first-order valence-corrected chi connectivity index (χ1v) is 6.02. The average molecular weight is 226 g/mol. The molecule has 1 heterocycles. The number of aromatic nitrogens is 1. The monoisotopic (exact) mass is 226 g/mol. The Kier molecular flexibility index (Phi) is 3.85. The Bertz CT molecular complexity index is 531. The fourth-order valence-electron chi connectivity index (χ4n) is 2.20. The number of nitrogens with one attached hydrogen (secondary N) is 1. The van der Waals surface area contributed by atoms with E-state index in [-0.39, 0.29) is 0 Å². The van der Waals surface area contributed by atoms with Gasteiger partial charge >= 0.3 is 0 Å². The van der Waals surface area contributed by atoms with Gasteiger partial charge in [-0.15, -0.1) is 12.3 Å². The lowest BCUT2D eigenvalue weighted by Gasteiger charge is -2.09. The van der Waals surface area contributed by atoms with Crippen LogP contribution in [0.1, 0.15) is 18.5 Å². The summed E-state index contributed by atoms with van der Waals surface area (Å²) in [4.78, 5) is 0. The summed E-state index contributed by atoms with van der Waals surface area (Å²) in [5.41, 5.74) is 2.63. The lowest BCUT2D eigenvalue weighted by Crippen LogP contribution is -2.11. The molecule has 1 aromatic carbocycles. The third-order valence-corrected chi connectivity index (χ3v) is 2.96. The molecule has 2 rings (SSSR count). The second kappa shape index (κ2) is 5.56. The maximum Gasteiger partial charge on any atom is 0.0482 e. The van der Waals surface area contributed by atoms with Crippen LogP contribution in [0.3, 0.4) is 0 Å². The fourth-order valence-corrected chi connectivity index (χ4v) is 2.20. The van der Waals surface area contributed by atoms with E-state index in [1.54, 1.807) is 0 Å². The molecule has 0 unspecified atom stereocenters. The minimum atomic E-state index is 0.839. The zero-order chi connectivity index (χ0) is 12.1. The zero-order valence-corrected chi connectivity index (χ0v) is 10.2. The zero-order valence-electron chi connectivity index (χ0n) is 10.2. The molecule has 2 heteroatoms. The van der Waals surface area contributed by atoms with Crippen molar-refractivity contribution < 1.29 is 0 Å². The highest BCUT2D eigenvalue weighted by Gasteiger charge is 2.06. The third kappa shape index (κ3) is 2.51. The second-order valence-electron chi connectivity index (χ2n) is 4.18. The van der Waals surface area contributed by atoms with Crippen molar-refractivity contribution in [3.63, 3.8) is 0 Å². The molecule has 0 aliphatic heterocycles.